The number of rotatable bonds is 7. The molecule has 1 amide bonds. The van der Waals surface area contributed by atoms with Crippen LogP contribution in [0.2, 0.25) is 0 Å². The molecule has 0 bridgehead atoms. The Balaban J connectivity index is 1.84. The Hall–Kier alpha value is -2.32. The maximum atomic E-state index is 13.0. The number of carbonyl (C=O) groups excluding carboxylic acids is 1. The summed E-state index contributed by atoms with van der Waals surface area (Å²) in [5.41, 5.74) is 1.51. The Kier molecular flexibility index (Phi) is 6.41. The Bertz CT molecular complexity index is 1040. The molecule has 3 rings (SSSR count). The van der Waals surface area contributed by atoms with Gasteiger partial charge in [0.1, 0.15) is 16.4 Å². The quantitative estimate of drug-likeness (QED) is 0.632. The summed E-state index contributed by atoms with van der Waals surface area (Å²) in [7, 11) is 1.76. The number of carbonyl (C=O) groups is 1. The van der Waals surface area contributed by atoms with E-state index >= 15 is 0 Å². The highest BCUT2D eigenvalue weighted by molar-refractivity contribution is 7.97. The largest absolute Gasteiger partial charge is 0.494 e. The molecule has 0 unspecified atom stereocenters. The lowest BCUT2D eigenvalue weighted by molar-refractivity contribution is 0.0789. The average molecular weight is 418 g/mol. The minimum absolute atomic E-state index is 0.111. The van der Waals surface area contributed by atoms with Crippen LogP contribution < -0.4 is 10.3 Å². The van der Waals surface area contributed by atoms with Gasteiger partial charge in [0.15, 0.2) is 0 Å². The van der Waals surface area contributed by atoms with Gasteiger partial charge in [-0.3, -0.25) is 9.59 Å². The zero-order valence-corrected chi connectivity index (χ0v) is 18.0. The fourth-order valence-electron chi connectivity index (χ4n) is 2.97. The molecule has 0 aliphatic rings. The molecule has 0 aliphatic carbocycles. The highest BCUT2D eigenvalue weighted by Crippen LogP contribution is 2.28. The molecule has 0 spiro atoms. The van der Waals surface area contributed by atoms with Crippen molar-refractivity contribution < 1.29 is 9.53 Å². The highest BCUT2D eigenvalue weighted by atomic mass is 32.2. The van der Waals surface area contributed by atoms with E-state index in [4.69, 9.17) is 4.74 Å². The molecule has 8 heteroatoms. The van der Waals surface area contributed by atoms with E-state index in [9.17, 15) is 9.59 Å². The van der Waals surface area contributed by atoms with Crippen LogP contribution in [0.3, 0.4) is 0 Å². The van der Waals surface area contributed by atoms with Crippen LogP contribution in [0.4, 0.5) is 0 Å². The van der Waals surface area contributed by atoms with Crippen molar-refractivity contribution in [1.82, 2.24) is 14.9 Å². The summed E-state index contributed by atoms with van der Waals surface area (Å²) >= 11 is 2.87. The van der Waals surface area contributed by atoms with E-state index < -0.39 is 0 Å². The maximum Gasteiger partial charge on any atom is 0.264 e. The third-order valence-corrected chi connectivity index (χ3v) is 6.06. The summed E-state index contributed by atoms with van der Waals surface area (Å²) in [5.74, 6) is 1.96. The number of aryl methyl sites for hydroxylation is 1. The van der Waals surface area contributed by atoms with Gasteiger partial charge < -0.3 is 14.6 Å². The molecule has 0 saturated heterocycles. The Labute approximate surface area is 171 Å². The first-order valence-corrected chi connectivity index (χ1v) is 11.1. The van der Waals surface area contributed by atoms with Gasteiger partial charge in [-0.1, -0.05) is 12.1 Å². The molecule has 2 heterocycles. The number of benzene rings is 1. The number of thioether (sulfide) groups is 1. The summed E-state index contributed by atoms with van der Waals surface area (Å²) < 4.78 is 5.45. The monoisotopic (exact) mass is 417 g/mol. The lowest BCUT2D eigenvalue weighted by atomic mass is 10.1. The number of nitrogens with zero attached hydrogens (tertiary/aromatic N) is 2. The van der Waals surface area contributed by atoms with Gasteiger partial charge in [-0.25, -0.2) is 4.98 Å². The van der Waals surface area contributed by atoms with Crippen molar-refractivity contribution in [1.29, 1.82) is 0 Å². The number of amides is 1. The molecular weight excluding hydrogens is 394 g/mol. The smallest absolute Gasteiger partial charge is 0.264 e. The minimum atomic E-state index is -0.184. The van der Waals surface area contributed by atoms with Crippen molar-refractivity contribution >= 4 is 39.2 Å². The van der Waals surface area contributed by atoms with E-state index in [2.05, 4.69) is 9.97 Å². The van der Waals surface area contributed by atoms with Crippen molar-refractivity contribution in [2.24, 2.45) is 0 Å². The number of hydrogen-bond donors (Lipinski definition) is 1. The highest BCUT2D eigenvalue weighted by Gasteiger charge is 2.22. The number of hydrogen-bond acceptors (Lipinski definition) is 6. The molecule has 3 aromatic rings. The van der Waals surface area contributed by atoms with Gasteiger partial charge in [0.05, 0.1) is 22.6 Å². The molecule has 148 valence electrons. The predicted molar refractivity (Wildman–Crippen MR) is 116 cm³/mol. The topological polar surface area (TPSA) is 75.3 Å². The maximum absolute atomic E-state index is 13.0. The number of aromatic nitrogens is 2. The van der Waals surface area contributed by atoms with Crippen LogP contribution in [0.1, 0.15) is 33.5 Å². The number of aromatic amines is 1. The SMILES string of the molecule is CCOc1ccc(CN(C)C(=O)c2sc3nc(CSC)[nH]c(=O)c3c2C)cc1. The van der Waals surface area contributed by atoms with Gasteiger partial charge in [0.2, 0.25) is 0 Å². The Morgan fingerprint density at radius 2 is 2.04 bits per heavy atom. The molecule has 6 nitrogen and oxygen atoms in total. The molecule has 28 heavy (non-hydrogen) atoms. The van der Waals surface area contributed by atoms with Crippen LogP contribution in [0.5, 0.6) is 5.75 Å². The number of thiophene rings is 1. The first-order chi connectivity index (χ1) is 13.4. The fraction of sp³-hybridized carbons (Fsp3) is 0.350. The van der Waals surface area contributed by atoms with Gasteiger partial charge >= 0.3 is 0 Å². The standard InChI is InChI=1S/C20H23N3O3S2/c1-5-26-14-8-6-13(7-9-14)10-23(3)20(25)17-12(2)16-18(24)21-15(11-27-4)22-19(16)28-17/h6-9H,5,10-11H2,1-4H3,(H,21,22,24). The van der Waals surface area contributed by atoms with Gasteiger partial charge in [0.25, 0.3) is 11.5 Å². The molecule has 1 aromatic carbocycles. The molecule has 0 fully saturated rings. The average Bonchev–Trinajstić information content (AvgIpc) is 3.00. The molecular formula is C20H23N3O3S2. The summed E-state index contributed by atoms with van der Waals surface area (Å²) in [6, 6.07) is 7.71. The molecule has 2 aromatic heterocycles. The third kappa shape index (κ3) is 4.23. The van der Waals surface area contributed by atoms with Crippen LogP contribution in [0.25, 0.3) is 10.2 Å². The summed E-state index contributed by atoms with van der Waals surface area (Å²) in [5, 5.41) is 0.507. The van der Waals surface area contributed by atoms with Crippen molar-refractivity contribution in [3.05, 3.63) is 56.4 Å². The second-order valence-electron chi connectivity index (χ2n) is 6.42. The Morgan fingerprint density at radius 1 is 1.32 bits per heavy atom. The van der Waals surface area contributed by atoms with Crippen molar-refractivity contribution in [2.75, 3.05) is 19.9 Å². The van der Waals surface area contributed by atoms with E-state index in [0.717, 1.165) is 11.3 Å². The first kappa shape index (κ1) is 20.4. The number of ether oxygens (including phenoxy) is 1. The van der Waals surface area contributed by atoms with Crippen LogP contribution in [0.15, 0.2) is 29.1 Å². The molecule has 0 saturated carbocycles. The van der Waals surface area contributed by atoms with Crippen LogP contribution in [-0.4, -0.2) is 40.7 Å². The van der Waals surface area contributed by atoms with Gasteiger partial charge in [0, 0.05) is 13.6 Å². The normalized spacial score (nSPS) is 11.0. The first-order valence-electron chi connectivity index (χ1n) is 8.93. The Morgan fingerprint density at radius 3 is 2.68 bits per heavy atom. The van der Waals surface area contributed by atoms with Gasteiger partial charge in [-0.05, 0) is 43.4 Å². The lowest BCUT2D eigenvalue weighted by Crippen LogP contribution is -2.26. The van der Waals surface area contributed by atoms with Crippen molar-refractivity contribution in [3.8, 4) is 5.75 Å². The summed E-state index contributed by atoms with van der Waals surface area (Å²) in [6.45, 7) is 4.84. The zero-order chi connectivity index (χ0) is 20.3. The predicted octanol–water partition coefficient (Wildman–Crippen LogP) is 3.83. The third-order valence-electron chi connectivity index (χ3n) is 4.33. The lowest BCUT2D eigenvalue weighted by Gasteiger charge is -2.17. The van der Waals surface area contributed by atoms with Crippen molar-refractivity contribution in [2.45, 2.75) is 26.1 Å². The van der Waals surface area contributed by atoms with E-state index in [1.807, 2.05) is 44.4 Å². The molecule has 1 N–H and O–H groups in total. The zero-order valence-electron chi connectivity index (χ0n) is 16.4. The number of nitrogens with one attached hydrogen (secondary N) is 1. The van der Waals surface area contributed by atoms with Crippen LogP contribution in [-0.2, 0) is 12.3 Å². The number of H-pyrrole nitrogens is 1. The molecule has 0 radical (unpaired) electrons. The van der Waals surface area contributed by atoms with Crippen molar-refractivity contribution in [3.63, 3.8) is 0 Å². The van der Waals surface area contributed by atoms with Gasteiger partial charge in [-0.2, -0.15) is 11.8 Å². The second kappa shape index (κ2) is 8.79. The van der Waals surface area contributed by atoms with E-state index in [1.54, 1.807) is 23.7 Å². The van der Waals surface area contributed by atoms with E-state index in [-0.39, 0.29) is 11.5 Å². The van der Waals surface area contributed by atoms with E-state index in [0.29, 0.717) is 45.4 Å². The summed E-state index contributed by atoms with van der Waals surface area (Å²) in [6.07, 6.45) is 1.95. The van der Waals surface area contributed by atoms with Crippen LogP contribution >= 0.6 is 23.1 Å². The number of fused-ring (bicyclic) bond motifs is 1. The second-order valence-corrected chi connectivity index (χ2v) is 8.29. The summed E-state index contributed by atoms with van der Waals surface area (Å²) in [4.78, 5) is 35.6. The van der Waals surface area contributed by atoms with Gasteiger partial charge in [-0.15, -0.1) is 11.3 Å². The molecule has 0 atom stereocenters. The van der Waals surface area contributed by atoms with E-state index in [1.165, 1.54) is 11.3 Å². The minimum Gasteiger partial charge on any atom is -0.494 e. The fourth-order valence-corrected chi connectivity index (χ4v) is 4.58. The van der Waals surface area contributed by atoms with Crippen LogP contribution in [0, 0.1) is 6.92 Å². The molecule has 0 aliphatic heterocycles.